The molecule has 1 N–H and O–H groups in total. The molecule has 3 heteroatoms. The van der Waals surface area contributed by atoms with Crippen LogP contribution in [0.5, 0.6) is 0 Å². The summed E-state index contributed by atoms with van der Waals surface area (Å²) >= 11 is 6.09. The van der Waals surface area contributed by atoms with Crippen LogP contribution in [0.4, 0.5) is 0 Å². The van der Waals surface area contributed by atoms with Crippen molar-refractivity contribution in [1.82, 2.24) is 4.57 Å². The average Bonchev–Trinajstić information content (AvgIpc) is 2.87. The van der Waals surface area contributed by atoms with Crippen LogP contribution in [-0.4, -0.2) is 16.3 Å². The van der Waals surface area contributed by atoms with Gasteiger partial charge in [-0.2, -0.15) is 0 Å². The minimum absolute atomic E-state index is 0.209. The van der Waals surface area contributed by atoms with Crippen molar-refractivity contribution in [1.29, 1.82) is 0 Å². The van der Waals surface area contributed by atoms with Crippen LogP contribution in [-0.2, 0) is 6.54 Å². The summed E-state index contributed by atoms with van der Waals surface area (Å²) in [5, 5.41) is 10.6. The molecule has 1 aliphatic rings. The molecule has 0 spiro atoms. The van der Waals surface area contributed by atoms with E-state index in [4.69, 9.17) is 11.6 Å². The molecule has 1 aromatic carbocycles. The lowest BCUT2D eigenvalue weighted by Gasteiger charge is -2.44. The predicted molar refractivity (Wildman–Crippen MR) is 86.8 cm³/mol. The topological polar surface area (TPSA) is 25.2 Å². The van der Waals surface area contributed by atoms with E-state index in [0.717, 1.165) is 18.0 Å². The fraction of sp³-hybridized carbons (Fsp3) is 0.333. The van der Waals surface area contributed by atoms with Crippen molar-refractivity contribution >= 4 is 11.6 Å². The van der Waals surface area contributed by atoms with Gasteiger partial charge in [0.1, 0.15) is 0 Å². The Morgan fingerprint density at radius 1 is 1.29 bits per heavy atom. The Labute approximate surface area is 130 Å². The maximum atomic E-state index is 9.81. The zero-order valence-electron chi connectivity index (χ0n) is 12.0. The number of aliphatic hydroxyl groups excluding tert-OH is 1. The highest BCUT2D eigenvalue weighted by atomic mass is 35.5. The fourth-order valence-electron chi connectivity index (χ4n) is 3.49. The van der Waals surface area contributed by atoms with Crippen molar-refractivity contribution in [2.45, 2.75) is 24.8 Å². The molecule has 3 unspecified atom stereocenters. The lowest BCUT2D eigenvalue weighted by molar-refractivity contribution is 0.102. The third-order valence-corrected chi connectivity index (χ3v) is 4.83. The van der Waals surface area contributed by atoms with Crippen LogP contribution >= 0.6 is 11.6 Å². The van der Waals surface area contributed by atoms with Gasteiger partial charge in [0.25, 0.3) is 0 Å². The summed E-state index contributed by atoms with van der Waals surface area (Å²) in [7, 11) is 0. The van der Waals surface area contributed by atoms with E-state index in [1.807, 2.05) is 24.3 Å². The van der Waals surface area contributed by atoms with E-state index in [-0.39, 0.29) is 12.5 Å². The monoisotopic (exact) mass is 301 g/mol. The largest absolute Gasteiger partial charge is 0.396 e. The molecule has 21 heavy (non-hydrogen) atoms. The van der Waals surface area contributed by atoms with Gasteiger partial charge in [0, 0.05) is 36.0 Å². The van der Waals surface area contributed by atoms with E-state index in [1.165, 1.54) is 11.3 Å². The SMILES string of the molecule is C=CCn1cccc1C1CC(c2cccc(Cl)c2)C1CO. The second-order valence-corrected chi connectivity index (χ2v) is 6.16. The number of allylic oxidation sites excluding steroid dienone is 1. The molecule has 0 aliphatic heterocycles. The van der Waals surface area contributed by atoms with Crippen LogP contribution < -0.4 is 0 Å². The van der Waals surface area contributed by atoms with E-state index in [1.54, 1.807) is 0 Å². The van der Waals surface area contributed by atoms with Crippen molar-refractivity contribution < 1.29 is 5.11 Å². The summed E-state index contributed by atoms with van der Waals surface area (Å²) in [5.74, 6) is 1.07. The van der Waals surface area contributed by atoms with Crippen LogP contribution in [0.2, 0.25) is 5.02 Å². The standard InChI is InChI=1S/C18H20ClNO/c1-2-8-20-9-4-7-18(20)16-11-15(17(16)12-21)13-5-3-6-14(19)10-13/h2-7,9-10,15-17,21H,1,8,11-12H2. The van der Waals surface area contributed by atoms with Gasteiger partial charge in [0.2, 0.25) is 0 Å². The summed E-state index contributed by atoms with van der Waals surface area (Å²) < 4.78 is 2.22. The summed E-state index contributed by atoms with van der Waals surface area (Å²) in [6.45, 7) is 4.83. The number of rotatable bonds is 5. The second-order valence-electron chi connectivity index (χ2n) is 5.72. The van der Waals surface area contributed by atoms with Gasteiger partial charge < -0.3 is 9.67 Å². The number of aliphatic hydroxyl groups is 1. The molecule has 3 rings (SSSR count). The predicted octanol–water partition coefficient (Wildman–Crippen LogP) is 4.21. The van der Waals surface area contributed by atoms with Gasteiger partial charge in [0.15, 0.2) is 0 Å². The minimum Gasteiger partial charge on any atom is -0.396 e. The number of aromatic nitrogens is 1. The molecule has 0 bridgehead atoms. The van der Waals surface area contributed by atoms with E-state index in [0.29, 0.717) is 11.8 Å². The molecule has 1 heterocycles. The Morgan fingerprint density at radius 2 is 2.14 bits per heavy atom. The Hall–Kier alpha value is -1.51. The second kappa shape index (κ2) is 6.08. The zero-order chi connectivity index (χ0) is 14.8. The van der Waals surface area contributed by atoms with Gasteiger partial charge in [0.05, 0.1) is 0 Å². The van der Waals surface area contributed by atoms with Gasteiger partial charge in [-0.3, -0.25) is 0 Å². The third kappa shape index (κ3) is 2.66. The van der Waals surface area contributed by atoms with Crippen LogP contribution in [0.1, 0.15) is 29.5 Å². The zero-order valence-corrected chi connectivity index (χ0v) is 12.7. The Bertz CT molecular complexity index is 634. The molecule has 1 saturated carbocycles. The Morgan fingerprint density at radius 3 is 2.86 bits per heavy atom. The molecular weight excluding hydrogens is 282 g/mol. The van der Waals surface area contributed by atoms with Gasteiger partial charge in [-0.15, -0.1) is 6.58 Å². The first-order valence-electron chi connectivity index (χ1n) is 7.37. The van der Waals surface area contributed by atoms with E-state index in [2.05, 4.69) is 35.5 Å². The van der Waals surface area contributed by atoms with Crippen LogP contribution in [0.15, 0.2) is 55.3 Å². The summed E-state index contributed by atoms with van der Waals surface area (Å²) in [6.07, 6.45) is 5.05. The molecular formula is C18H20ClNO. The fourth-order valence-corrected chi connectivity index (χ4v) is 3.69. The highest BCUT2D eigenvalue weighted by Crippen LogP contribution is 2.52. The van der Waals surface area contributed by atoms with Crippen LogP contribution in [0, 0.1) is 5.92 Å². The Kier molecular flexibility index (Phi) is 4.18. The third-order valence-electron chi connectivity index (χ3n) is 4.60. The van der Waals surface area contributed by atoms with Gasteiger partial charge >= 0.3 is 0 Å². The summed E-state index contributed by atoms with van der Waals surface area (Å²) in [5.41, 5.74) is 2.53. The number of hydrogen-bond acceptors (Lipinski definition) is 1. The highest BCUT2D eigenvalue weighted by molar-refractivity contribution is 6.30. The molecule has 2 aromatic rings. The quantitative estimate of drug-likeness (QED) is 0.822. The molecule has 110 valence electrons. The molecule has 0 saturated heterocycles. The van der Waals surface area contributed by atoms with Crippen molar-refractivity contribution in [2.75, 3.05) is 6.61 Å². The van der Waals surface area contributed by atoms with Gasteiger partial charge in [-0.1, -0.05) is 29.8 Å². The maximum absolute atomic E-state index is 9.81. The molecule has 2 nitrogen and oxygen atoms in total. The van der Waals surface area contributed by atoms with E-state index in [9.17, 15) is 5.11 Å². The molecule has 1 aliphatic carbocycles. The van der Waals surface area contributed by atoms with Crippen LogP contribution in [0.25, 0.3) is 0 Å². The first kappa shape index (κ1) is 14.4. The van der Waals surface area contributed by atoms with Crippen molar-refractivity contribution in [2.24, 2.45) is 5.92 Å². The summed E-state index contributed by atoms with van der Waals surface area (Å²) in [4.78, 5) is 0. The maximum Gasteiger partial charge on any atom is 0.0471 e. The van der Waals surface area contributed by atoms with Crippen molar-refractivity contribution in [3.05, 3.63) is 71.5 Å². The van der Waals surface area contributed by atoms with E-state index < -0.39 is 0 Å². The normalized spacial score (nSPS) is 24.6. The summed E-state index contributed by atoms with van der Waals surface area (Å²) in [6, 6.07) is 12.2. The smallest absolute Gasteiger partial charge is 0.0471 e. The first-order valence-corrected chi connectivity index (χ1v) is 7.74. The van der Waals surface area contributed by atoms with Gasteiger partial charge in [-0.25, -0.2) is 0 Å². The number of benzene rings is 1. The lowest BCUT2D eigenvalue weighted by atomic mass is 9.61. The van der Waals surface area contributed by atoms with Crippen molar-refractivity contribution in [3.8, 4) is 0 Å². The molecule has 0 amide bonds. The molecule has 1 aromatic heterocycles. The molecule has 3 atom stereocenters. The van der Waals surface area contributed by atoms with Crippen molar-refractivity contribution in [3.63, 3.8) is 0 Å². The highest BCUT2D eigenvalue weighted by Gasteiger charge is 2.43. The minimum atomic E-state index is 0.209. The van der Waals surface area contributed by atoms with E-state index >= 15 is 0 Å². The number of hydrogen-bond donors (Lipinski definition) is 1. The Balaban J connectivity index is 1.82. The number of nitrogens with zero attached hydrogens (tertiary/aromatic N) is 1. The van der Waals surface area contributed by atoms with Crippen LogP contribution in [0.3, 0.4) is 0 Å². The lowest BCUT2D eigenvalue weighted by Crippen LogP contribution is -2.36. The molecule has 1 fully saturated rings. The number of halogens is 1. The first-order chi connectivity index (χ1) is 10.2. The van der Waals surface area contributed by atoms with Gasteiger partial charge in [-0.05, 0) is 48.1 Å². The average molecular weight is 302 g/mol. The molecule has 0 radical (unpaired) electrons.